The van der Waals surface area contributed by atoms with Crippen LogP contribution in [0.25, 0.3) is 0 Å². The van der Waals surface area contributed by atoms with Gasteiger partial charge < -0.3 is 11.1 Å². The van der Waals surface area contributed by atoms with Gasteiger partial charge in [-0.15, -0.1) is 12.4 Å². The Morgan fingerprint density at radius 3 is 2.45 bits per heavy atom. The van der Waals surface area contributed by atoms with Crippen molar-refractivity contribution in [2.45, 2.75) is 44.7 Å². The lowest BCUT2D eigenvalue weighted by molar-refractivity contribution is -0.127. The SMILES string of the molecule is CC1CCCC1NC(=O)C(C)(N)c1ccc(Br)cc1.Cl. The molecule has 1 amide bonds. The molecule has 1 saturated carbocycles. The van der Waals surface area contributed by atoms with Crippen LogP contribution in [-0.2, 0) is 10.3 Å². The van der Waals surface area contributed by atoms with E-state index in [9.17, 15) is 4.79 Å². The van der Waals surface area contributed by atoms with E-state index in [4.69, 9.17) is 5.73 Å². The number of carbonyl (C=O) groups is 1. The third-order valence-electron chi connectivity index (χ3n) is 4.09. The molecule has 1 aromatic rings. The molecule has 2 rings (SSSR count). The van der Waals surface area contributed by atoms with Crippen LogP contribution in [0.15, 0.2) is 28.7 Å². The van der Waals surface area contributed by atoms with Crippen LogP contribution in [0.4, 0.5) is 0 Å². The molecule has 3 N–H and O–H groups in total. The van der Waals surface area contributed by atoms with E-state index < -0.39 is 5.54 Å². The van der Waals surface area contributed by atoms with Gasteiger partial charge in [-0.3, -0.25) is 4.79 Å². The first-order valence-corrected chi connectivity index (χ1v) is 7.56. The van der Waals surface area contributed by atoms with E-state index in [2.05, 4.69) is 28.2 Å². The van der Waals surface area contributed by atoms with Crippen LogP contribution in [-0.4, -0.2) is 11.9 Å². The molecule has 1 fully saturated rings. The Kier molecular flexibility index (Phi) is 6.05. The molecular weight excluding hydrogens is 340 g/mol. The van der Waals surface area contributed by atoms with Gasteiger partial charge >= 0.3 is 0 Å². The van der Waals surface area contributed by atoms with Crippen LogP contribution in [0.1, 0.15) is 38.7 Å². The van der Waals surface area contributed by atoms with Crippen LogP contribution in [0.2, 0.25) is 0 Å². The van der Waals surface area contributed by atoms with Crippen molar-refractivity contribution >= 4 is 34.2 Å². The average Bonchev–Trinajstić information content (AvgIpc) is 2.75. The quantitative estimate of drug-likeness (QED) is 0.867. The van der Waals surface area contributed by atoms with E-state index in [0.717, 1.165) is 16.5 Å². The Labute approximate surface area is 135 Å². The van der Waals surface area contributed by atoms with Gasteiger partial charge in [0.2, 0.25) is 5.91 Å². The zero-order chi connectivity index (χ0) is 14.0. The van der Waals surface area contributed by atoms with E-state index in [1.807, 2.05) is 24.3 Å². The van der Waals surface area contributed by atoms with Gasteiger partial charge in [0.05, 0.1) is 0 Å². The molecule has 0 aromatic heterocycles. The molecule has 0 spiro atoms. The number of halogens is 2. The van der Waals surface area contributed by atoms with Crippen molar-refractivity contribution in [2.24, 2.45) is 11.7 Å². The van der Waals surface area contributed by atoms with E-state index in [1.165, 1.54) is 12.8 Å². The average molecular weight is 362 g/mol. The largest absolute Gasteiger partial charge is 0.351 e. The van der Waals surface area contributed by atoms with Crippen LogP contribution in [0, 0.1) is 5.92 Å². The monoisotopic (exact) mass is 360 g/mol. The third kappa shape index (κ3) is 3.74. The van der Waals surface area contributed by atoms with Crippen molar-refractivity contribution in [3.63, 3.8) is 0 Å². The molecule has 1 aliphatic rings. The van der Waals surface area contributed by atoms with Gasteiger partial charge in [-0.25, -0.2) is 0 Å². The van der Waals surface area contributed by atoms with Gasteiger partial charge in [0.15, 0.2) is 0 Å². The van der Waals surface area contributed by atoms with Crippen molar-refractivity contribution in [2.75, 3.05) is 0 Å². The Morgan fingerprint density at radius 2 is 1.95 bits per heavy atom. The number of hydrogen-bond acceptors (Lipinski definition) is 2. The topological polar surface area (TPSA) is 55.1 Å². The fourth-order valence-electron chi connectivity index (χ4n) is 2.61. The summed E-state index contributed by atoms with van der Waals surface area (Å²) in [6.45, 7) is 3.95. The van der Waals surface area contributed by atoms with Crippen LogP contribution >= 0.6 is 28.3 Å². The predicted molar refractivity (Wildman–Crippen MR) is 87.9 cm³/mol. The molecule has 1 aromatic carbocycles. The highest BCUT2D eigenvalue weighted by molar-refractivity contribution is 9.10. The Hall–Kier alpha value is -0.580. The third-order valence-corrected chi connectivity index (χ3v) is 4.62. The standard InChI is InChI=1S/C15H21BrN2O.ClH/c1-10-4-3-5-13(10)18-14(19)15(2,17)11-6-8-12(16)9-7-11;/h6-10,13H,3-5,17H2,1-2H3,(H,18,19);1H. The first kappa shape index (κ1) is 17.5. The number of hydrogen-bond donors (Lipinski definition) is 2. The second-order valence-corrected chi connectivity index (χ2v) is 6.61. The maximum absolute atomic E-state index is 12.4. The normalized spacial score (nSPS) is 24.6. The van der Waals surface area contributed by atoms with Crippen molar-refractivity contribution in [1.82, 2.24) is 5.32 Å². The summed E-state index contributed by atoms with van der Waals surface area (Å²) in [6, 6.07) is 7.87. The number of benzene rings is 1. The number of carbonyl (C=O) groups excluding carboxylic acids is 1. The smallest absolute Gasteiger partial charge is 0.244 e. The molecule has 0 bridgehead atoms. The minimum absolute atomic E-state index is 0. The van der Waals surface area contributed by atoms with Gasteiger partial charge in [0, 0.05) is 10.5 Å². The number of amides is 1. The molecule has 3 atom stereocenters. The van der Waals surface area contributed by atoms with Crippen molar-refractivity contribution in [3.05, 3.63) is 34.3 Å². The number of rotatable bonds is 3. The molecule has 0 heterocycles. The lowest BCUT2D eigenvalue weighted by atomic mass is 9.91. The van der Waals surface area contributed by atoms with Crippen LogP contribution in [0.3, 0.4) is 0 Å². The van der Waals surface area contributed by atoms with Crippen molar-refractivity contribution in [3.8, 4) is 0 Å². The maximum atomic E-state index is 12.4. The molecule has 3 unspecified atom stereocenters. The Bertz CT molecular complexity index is 461. The van der Waals surface area contributed by atoms with Gasteiger partial charge in [-0.2, -0.15) is 0 Å². The van der Waals surface area contributed by atoms with Gasteiger partial charge in [-0.1, -0.05) is 41.4 Å². The van der Waals surface area contributed by atoms with E-state index >= 15 is 0 Å². The minimum Gasteiger partial charge on any atom is -0.351 e. The van der Waals surface area contributed by atoms with E-state index in [0.29, 0.717) is 5.92 Å². The zero-order valence-corrected chi connectivity index (χ0v) is 14.3. The van der Waals surface area contributed by atoms with E-state index in [1.54, 1.807) is 6.92 Å². The van der Waals surface area contributed by atoms with Gasteiger partial charge in [0.25, 0.3) is 0 Å². The maximum Gasteiger partial charge on any atom is 0.244 e. The van der Waals surface area contributed by atoms with Crippen LogP contribution < -0.4 is 11.1 Å². The second-order valence-electron chi connectivity index (χ2n) is 5.70. The van der Waals surface area contributed by atoms with Crippen molar-refractivity contribution < 1.29 is 4.79 Å². The molecule has 0 radical (unpaired) electrons. The highest BCUT2D eigenvalue weighted by Gasteiger charge is 2.34. The highest BCUT2D eigenvalue weighted by atomic mass is 79.9. The summed E-state index contributed by atoms with van der Waals surface area (Å²) in [5.74, 6) is 0.457. The molecule has 112 valence electrons. The second kappa shape index (κ2) is 6.92. The summed E-state index contributed by atoms with van der Waals surface area (Å²) in [4.78, 5) is 12.4. The van der Waals surface area contributed by atoms with Gasteiger partial charge in [-0.05, 0) is 43.4 Å². The van der Waals surface area contributed by atoms with Crippen molar-refractivity contribution in [1.29, 1.82) is 0 Å². The molecule has 0 aliphatic heterocycles. The summed E-state index contributed by atoms with van der Waals surface area (Å²) in [6.07, 6.45) is 3.43. The first-order chi connectivity index (χ1) is 8.91. The summed E-state index contributed by atoms with van der Waals surface area (Å²) in [7, 11) is 0. The molecule has 20 heavy (non-hydrogen) atoms. The van der Waals surface area contributed by atoms with Gasteiger partial charge in [0.1, 0.15) is 5.54 Å². The van der Waals surface area contributed by atoms with E-state index in [-0.39, 0.29) is 24.4 Å². The molecule has 5 heteroatoms. The summed E-state index contributed by atoms with van der Waals surface area (Å²) in [5.41, 5.74) is 6.08. The fraction of sp³-hybridized carbons (Fsp3) is 0.533. The number of nitrogens with one attached hydrogen (secondary N) is 1. The predicted octanol–water partition coefficient (Wildman–Crippen LogP) is 3.35. The molecule has 1 aliphatic carbocycles. The molecular formula is C15H22BrClN2O. The molecule has 0 saturated heterocycles. The number of nitrogens with two attached hydrogens (primary N) is 1. The Balaban J connectivity index is 0.00000200. The van der Waals surface area contributed by atoms with Crippen LogP contribution in [0.5, 0.6) is 0 Å². The fourth-order valence-corrected chi connectivity index (χ4v) is 2.87. The minimum atomic E-state index is -0.983. The molecule has 3 nitrogen and oxygen atoms in total. The Morgan fingerprint density at radius 1 is 1.35 bits per heavy atom. The lowest BCUT2D eigenvalue weighted by Gasteiger charge is -2.27. The summed E-state index contributed by atoms with van der Waals surface area (Å²) < 4.78 is 0.983. The zero-order valence-electron chi connectivity index (χ0n) is 11.9. The lowest BCUT2D eigenvalue weighted by Crippen LogP contribution is -2.52. The highest BCUT2D eigenvalue weighted by Crippen LogP contribution is 2.26. The summed E-state index contributed by atoms with van der Waals surface area (Å²) >= 11 is 3.39. The summed E-state index contributed by atoms with van der Waals surface area (Å²) in [5, 5.41) is 3.11. The first-order valence-electron chi connectivity index (χ1n) is 6.77.